The lowest BCUT2D eigenvalue weighted by Crippen LogP contribution is -2.24. The molecule has 0 amide bonds. The van der Waals surface area contributed by atoms with Gasteiger partial charge in [0.2, 0.25) is 0 Å². The zero-order chi connectivity index (χ0) is 10.3. The van der Waals surface area contributed by atoms with Gasteiger partial charge in [0, 0.05) is 6.07 Å². The van der Waals surface area contributed by atoms with Crippen molar-refractivity contribution in [1.29, 1.82) is 0 Å². The molecule has 1 unspecified atom stereocenters. The first-order valence-corrected chi connectivity index (χ1v) is 4.77. The Hall–Kier alpha value is -1.73. The van der Waals surface area contributed by atoms with E-state index in [1.807, 2.05) is 4.98 Å². The molecular weight excluding hydrogens is 208 g/mol. The van der Waals surface area contributed by atoms with Crippen LogP contribution >= 0.6 is 10.8 Å². The Morgan fingerprint density at radius 1 is 1.50 bits per heavy atom. The van der Waals surface area contributed by atoms with Gasteiger partial charge in [0.15, 0.2) is 5.56 Å². The van der Waals surface area contributed by atoms with Crippen LogP contribution in [0.25, 0.3) is 10.6 Å². The second-order valence-electron chi connectivity index (χ2n) is 2.54. The van der Waals surface area contributed by atoms with Crippen LogP contribution < -0.4 is 11.2 Å². The first kappa shape index (κ1) is 8.85. The zero-order valence-corrected chi connectivity index (χ0v) is 7.50. The van der Waals surface area contributed by atoms with Crippen molar-refractivity contribution in [1.82, 2.24) is 9.97 Å². The van der Waals surface area contributed by atoms with E-state index in [1.54, 1.807) is 0 Å². The van der Waals surface area contributed by atoms with Gasteiger partial charge in [0.1, 0.15) is 11.1 Å². The largest absolute Gasteiger partial charge is 0.589 e. The number of rotatable bonds is 0. The number of H-pyrrole nitrogens is 1. The Morgan fingerprint density at radius 3 is 2.93 bits per heavy atom. The van der Waals surface area contributed by atoms with E-state index in [9.17, 15) is 19.2 Å². The predicted octanol–water partition coefficient (Wildman–Crippen LogP) is -0.332. The first-order valence-electron chi connectivity index (χ1n) is 3.56. The van der Waals surface area contributed by atoms with Crippen LogP contribution in [0.2, 0.25) is 0 Å². The minimum atomic E-state index is -1.65. The summed E-state index contributed by atoms with van der Waals surface area (Å²) in [7, 11) is -1.65. The molecule has 0 aromatic rings. The van der Waals surface area contributed by atoms with E-state index in [-0.39, 0.29) is 16.3 Å². The summed E-state index contributed by atoms with van der Waals surface area (Å²) in [5.41, 5.74) is -1.86. The van der Waals surface area contributed by atoms with Crippen molar-refractivity contribution in [3.05, 3.63) is 32.3 Å². The summed E-state index contributed by atoms with van der Waals surface area (Å²) in [5.74, 6) is -0.339. The second kappa shape index (κ2) is 2.89. The molecule has 2 rings (SSSR count). The van der Waals surface area contributed by atoms with E-state index in [0.717, 1.165) is 11.4 Å². The van der Waals surface area contributed by atoms with Crippen molar-refractivity contribution >= 4 is 10.8 Å². The van der Waals surface area contributed by atoms with Gasteiger partial charge in [-0.05, 0) is 10.8 Å². The van der Waals surface area contributed by atoms with Crippen molar-refractivity contribution in [2.45, 2.75) is 0 Å². The third kappa shape index (κ3) is 1.19. The van der Waals surface area contributed by atoms with Crippen LogP contribution in [0.3, 0.4) is 0 Å². The number of hydrogen-bond acceptors (Lipinski definition) is 5. The lowest BCUT2D eigenvalue weighted by atomic mass is 10.3. The maximum absolute atomic E-state index is 11.3. The van der Waals surface area contributed by atoms with Gasteiger partial charge in [-0.15, -0.1) is 4.98 Å². The van der Waals surface area contributed by atoms with Crippen LogP contribution in [0.15, 0.2) is 21.0 Å². The van der Waals surface area contributed by atoms with Crippen molar-refractivity contribution in [2.24, 2.45) is 0 Å². The van der Waals surface area contributed by atoms with Crippen LogP contribution in [0.5, 0.6) is 5.75 Å². The Labute approximate surface area is 79.6 Å². The molecule has 0 aliphatic carbocycles. The fraction of sp³-hybridized carbons (Fsp3) is 0. The van der Waals surface area contributed by atoms with Crippen LogP contribution in [0, 0.1) is 0 Å². The number of aromatic amines is 1. The summed E-state index contributed by atoms with van der Waals surface area (Å²) in [6, 6.07) is 1.14. The summed E-state index contributed by atoms with van der Waals surface area (Å²) in [4.78, 5) is 27.2. The number of nitrogens with zero attached hydrogens (tertiary/aromatic N) is 1. The van der Waals surface area contributed by atoms with E-state index < -0.39 is 22.0 Å². The number of aromatic nitrogens is 2. The van der Waals surface area contributed by atoms with Gasteiger partial charge >= 0.3 is 5.69 Å². The van der Waals surface area contributed by atoms with Crippen molar-refractivity contribution in [3.63, 3.8) is 0 Å². The van der Waals surface area contributed by atoms with Crippen molar-refractivity contribution in [2.75, 3.05) is 0 Å². The maximum Gasteiger partial charge on any atom is 0.352 e. The highest BCUT2D eigenvalue weighted by Crippen LogP contribution is 2.33. The second-order valence-corrected chi connectivity index (χ2v) is 3.79. The molecule has 0 saturated heterocycles. The molecule has 0 radical (unpaired) electrons. The monoisotopic (exact) mass is 212 g/mol. The zero-order valence-electron chi connectivity index (χ0n) is 6.68. The summed E-state index contributed by atoms with van der Waals surface area (Å²) in [5, 5.41) is 10.2. The molecule has 2 N–H and O–H groups in total. The van der Waals surface area contributed by atoms with Crippen LogP contribution in [0.4, 0.5) is 0 Å². The summed E-state index contributed by atoms with van der Waals surface area (Å²) in [6.07, 6.45) is 0. The molecule has 6 nitrogen and oxygen atoms in total. The van der Waals surface area contributed by atoms with Gasteiger partial charge in [0.05, 0.1) is 0 Å². The summed E-state index contributed by atoms with van der Waals surface area (Å²) >= 11 is 0. The minimum Gasteiger partial charge on any atom is -0.589 e. The fourth-order valence-electron chi connectivity index (χ4n) is 1.08. The lowest BCUT2D eigenvalue weighted by Gasteiger charge is -2.03. The Morgan fingerprint density at radius 2 is 2.21 bits per heavy atom. The average molecular weight is 212 g/mol. The standard InChI is InChI=1S/C7H4N2O4S/c10-3-1-2-14(13)6-4(3)5(11)8-7(12)9-6/h1-2,10H,(H,8,11,12). The molecule has 2 aliphatic rings. The van der Waals surface area contributed by atoms with E-state index >= 15 is 0 Å². The van der Waals surface area contributed by atoms with Crippen molar-refractivity contribution < 1.29 is 9.66 Å². The third-order valence-electron chi connectivity index (χ3n) is 1.66. The minimum absolute atomic E-state index is 0.196. The van der Waals surface area contributed by atoms with Gasteiger partial charge in [-0.3, -0.25) is 9.78 Å². The smallest absolute Gasteiger partial charge is 0.352 e. The molecular formula is C7H4N2O4S. The number of hydrogen-bond donors (Lipinski definition) is 2. The average Bonchev–Trinajstić information content (AvgIpc) is 2.10. The van der Waals surface area contributed by atoms with Crippen LogP contribution in [-0.2, 0) is 0 Å². The molecule has 2 aliphatic heterocycles. The maximum atomic E-state index is 11.3. The van der Waals surface area contributed by atoms with E-state index in [2.05, 4.69) is 4.98 Å². The molecule has 0 bridgehead atoms. The highest BCUT2D eigenvalue weighted by molar-refractivity contribution is 7.26. The number of fused-ring (bicyclic) bond motifs is 1. The van der Waals surface area contributed by atoms with Gasteiger partial charge in [0.25, 0.3) is 10.6 Å². The third-order valence-corrected chi connectivity index (χ3v) is 2.72. The predicted molar refractivity (Wildman–Crippen MR) is 48.1 cm³/mol. The summed E-state index contributed by atoms with van der Waals surface area (Å²) < 4.78 is 11.3. The van der Waals surface area contributed by atoms with Gasteiger partial charge < -0.3 is 9.66 Å². The number of aromatic hydroxyl groups is 1. The molecule has 0 fully saturated rings. The highest BCUT2D eigenvalue weighted by atomic mass is 32.2. The first-order chi connectivity index (χ1) is 6.59. The molecule has 1 atom stereocenters. The van der Waals surface area contributed by atoms with E-state index in [4.69, 9.17) is 0 Å². The van der Waals surface area contributed by atoms with Gasteiger partial charge in [-0.1, -0.05) is 0 Å². The van der Waals surface area contributed by atoms with Crippen molar-refractivity contribution in [3.8, 4) is 16.3 Å². The van der Waals surface area contributed by atoms with E-state index in [0.29, 0.717) is 0 Å². The van der Waals surface area contributed by atoms with Gasteiger partial charge in [-0.25, -0.2) is 4.79 Å². The quantitative estimate of drug-likeness (QED) is 0.581. The molecule has 14 heavy (non-hydrogen) atoms. The van der Waals surface area contributed by atoms with E-state index in [1.165, 1.54) is 0 Å². The lowest BCUT2D eigenvalue weighted by molar-refractivity contribution is 0.476. The number of nitrogens with one attached hydrogen (secondary N) is 1. The topological polar surface area (TPSA) is 106 Å². The molecule has 2 heterocycles. The Balaban J connectivity index is 3.05. The van der Waals surface area contributed by atoms with Crippen LogP contribution in [-0.4, -0.2) is 19.6 Å². The fourth-order valence-corrected chi connectivity index (χ4v) is 2.03. The molecule has 7 heteroatoms. The summed E-state index contributed by atoms with van der Waals surface area (Å²) in [6.45, 7) is 0. The van der Waals surface area contributed by atoms with Crippen LogP contribution in [0.1, 0.15) is 0 Å². The Kier molecular flexibility index (Phi) is 1.83. The molecule has 0 aromatic heterocycles. The molecule has 0 spiro atoms. The normalized spacial score (nSPS) is 11.9. The Bertz CT molecular complexity index is 573. The molecule has 0 saturated carbocycles. The highest BCUT2D eigenvalue weighted by Gasteiger charge is 2.21. The SMILES string of the molecule is O=c1nc2[s+]([O-])ccc(O)c-2c(=O)[nH]1. The molecule has 72 valence electrons. The molecule has 0 aromatic carbocycles. The van der Waals surface area contributed by atoms with Gasteiger partial charge in [-0.2, -0.15) is 0 Å².